The fraction of sp³-hybridized carbons (Fsp3) is 0.818. The van der Waals surface area contributed by atoms with Crippen LogP contribution in [0.4, 0.5) is 0 Å². The molecule has 1 rings (SSSR count). The van der Waals surface area contributed by atoms with Gasteiger partial charge in [0, 0.05) is 13.1 Å². The molecule has 5 heteroatoms. The molecule has 0 aliphatic carbocycles. The molecule has 2 N–H and O–H groups in total. The molecule has 0 bridgehead atoms. The normalized spacial score (nSPS) is 21.2. The third-order valence-electron chi connectivity index (χ3n) is 2.57. The topological polar surface area (TPSA) is 72.6 Å². The number of hydrogen-bond acceptors (Lipinski definition) is 3. The lowest BCUT2D eigenvalue weighted by atomic mass is 10.1. The zero-order valence-electron chi connectivity index (χ0n) is 10.2. The van der Waals surface area contributed by atoms with Gasteiger partial charge in [-0.3, -0.25) is 9.59 Å². The van der Waals surface area contributed by atoms with Crippen LogP contribution < -0.4 is 5.73 Å². The van der Waals surface area contributed by atoms with E-state index in [1.54, 1.807) is 4.90 Å². The molecular weight excluding hydrogens is 208 g/mol. The standard InChI is InChI=1S/C11H20N2O3/c1-11(2,3)16-7-9(14)13-5-4-8(6-13)10(12)15/h8H,4-7H2,1-3H3,(H2,12,15). The van der Waals surface area contributed by atoms with Crippen molar-refractivity contribution in [3.8, 4) is 0 Å². The maximum Gasteiger partial charge on any atom is 0.248 e. The van der Waals surface area contributed by atoms with Crippen LogP contribution in [0.3, 0.4) is 0 Å². The Labute approximate surface area is 95.9 Å². The maximum atomic E-state index is 11.7. The zero-order chi connectivity index (χ0) is 12.3. The van der Waals surface area contributed by atoms with E-state index in [9.17, 15) is 9.59 Å². The highest BCUT2D eigenvalue weighted by molar-refractivity contribution is 5.81. The summed E-state index contributed by atoms with van der Waals surface area (Å²) in [7, 11) is 0. The van der Waals surface area contributed by atoms with Gasteiger partial charge in [0.15, 0.2) is 0 Å². The molecular formula is C11H20N2O3. The van der Waals surface area contributed by atoms with Gasteiger partial charge in [-0.25, -0.2) is 0 Å². The number of likely N-dealkylation sites (tertiary alicyclic amines) is 1. The smallest absolute Gasteiger partial charge is 0.248 e. The number of nitrogens with two attached hydrogens (primary N) is 1. The third-order valence-corrected chi connectivity index (χ3v) is 2.57. The predicted molar refractivity (Wildman–Crippen MR) is 59.6 cm³/mol. The van der Waals surface area contributed by atoms with Gasteiger partial charge < -0.3 is 15.4 Å². The highest BCUT2D eigenvalue weighted by Crippen LogP contribution is 2.16. The number of hydrogen-bond donors (Lipinski definition) is 1. The number of rotatable bonds is 3. The first kappa shape index (κ1) is 13.0. The predicted octanol–water partition coefficient (Wildman–Crippen LogP) is 0.135. The van der Waals surface area contributed by atoms with Crippen LogP contribution in [0.2, 0.25) is 0 Å². The molecule has 0 aromatic carbocycles. The number of carbonyl (C=O) groups is 2. The van der Waals surface area contributed by atoms with Crippen LogP contribution in [-0.4, -0.2) is 42.0 Å². The van der Waals surface area contributed by atoms with Crippen molar-refractivity contribution in [3.63, 3.8) is 0 Å². The Morgan fingerprint density at radius 2 is 2.06 bits per heavy atom. The number of nitrogens with zero attached hydrogens (tertiary/aromatic N) is 1. The average Bonchev–Trinajstić information content (AvgIpc) is 2.61. The van der Waals surface area contributed by atoms with Crippen molar-refractivity contribution in [2.45, 2.75) is 32.8 Å². The Hall–Kier alpha value is -1.10. The van der Waals surface area contributed by atoms with E-state index < -0.39 is 0 Å². The van der Waals surface area contributed by atoms with E-state index in [-0.39, 0.29) is 29.9 Å². The first-order chi connectivity index (χ1) is 7.29. The number of amides is 2. The SMILES string of the molecule is CC(C)(C)OCC(=O)N1CCC(C(N)=O)C1. The van der Waals surface area contributed by atoms with E-state index in [0.717, 1.165) is 0 Å². The summed E-state index contributed by atoms with van der Waals surface area (Å²) in [5.41, 5.74) is 4.87. The summed E-state index contributed by atoms with van der Waals surface area (Å²) < 4.78 is 5.39. The lowest BCUT2D eigenvalue weighted by molar-refractivity contribution is -0.140. The van der Waals surface area contributed by atoms with Crippen molar-refractivity contribution in [2.75, 3.05) is 19.7 Å². The fourth-order valence-corrected chi connectivity index (χ4v) is 1.59. The molecule has 1 saturated heterocycles. The van der Waals surface area contributed by atoms with E-state index in [0.29, 0.717) is 19.5 Å². The largest absolute Gasteiger partial charge is 0.369 e. The molecule has 5 nitrogen and oxygen atoms in total. The van der Waals surface area contributed by atoms with E-state index in [4.69, 9.17) is 10.5 Å². The maximum absolute atomic E-state index is 11.7. The molecule has 1 aliphatic rings. The second-order valence-electron chi connectivity index (χ2n) is 5.13. The molecule has 1 unspecified atom stereocenters. The number of primary amides is 1. The molecule has 0 aromatic heterocycles. The minimum Gasteiger partial charge on any atom is -0.369 e. The van der Waals surface area contributed by atoms with Crippen molar-refractivity contribution >= 4 is 11.8 Å². The van der Waals surface area contributed by atoms with E-state index >= 15 is 0 Å². The summed E-state index contributed by atoms with van der Waals surface area (Å²) in [6.45, 7) is 6.79. The molecule has 1 heterocycles. The second-order valence-corrected chi connectivity index (χ2v) is 5.13. The Morgan fingerprint density at radius 1 is 1.44 bits per heavy atom. The Morgan fingerprint density at radius 3 is 2.50 bits per heavy atom. The minimum atomic E-state index is -0.327. The Bertz CT molecular complexity index is 283. The molecule has 92 valence electrons. The Balaban J connectivity index is 2.37. The number of ether oxygens (including phenoxy) is 1. The van der Waals surface area contributed by atoms with Gasteiger partial charge in [-0.2, -0.15) is 0 Å². The molecule has 0 aromatic rings. The lowest BCUT2D eigenvalue weighted by Gasteiger charge is -2.22. The van der Waals surface area contributed by atoms with Crippen LogP contribution >= 0.6 is 0 Å². The van der Waals surface area contributed by atoms with E-state index in [2.05, 4.69) is 0 Å². The molecule has 1 aliphatic heterocycles. The summed E-state index contributed by atoms with van der Waals surface area (Å²) >= 11 is 0. The third kappa shape index (κ3) is 3.81. The quantitative estimate of drug-likeness (QED) is 0.746. The van der Waals surface area contributed by atoms with E-state index in [1.807, 2.05) is 20.8 Å². The summed E-state index contributed by atoms with van der Waals surface area (Å²) in [5.74, 6) is -0.593. The summed E-state index contributed by atoms with van der Waals surface area (Å²) in [4.78, 5) is 24.3. The molecule has 0 spiro atoms. The van der Waals surface area contributed by atoms with Crippen LogP contribution in [0.25, 0.3) is 0 Å². The van der Waals surface area contributed by atoms with Gasteiger partial charge in [-0.15, -0.1) is 0 Å². The fourth-order valence-electron chi connectivity index (χ4n) is 1.59. The van der Waals surface area contributed by atoms with Crippen molar-refractivity contribution in [1.82, 2.24) is 4.90 Å². The Kier molecular flexibility index (Phi) is 3.91. The highest BCUT2D eigenvalue weighted by Gasteiger charge is 2.30. The second kappa shape index (κ2) is 4.82. The van der Waals surface area contributed by atoms with Crippen LogP contribution in [0.1, 0.15) is 27.2 Å². The van der Waals surface area contributed by atoms with Crippen molar-refractivity contribution in [2.24, 2.45) is 11.7 Å². The van der Waals surface area contributed by atoms with Crippen LogP contribution in [0.5, 0.6) is 0 Å². The van der Waals surface area contributed by atoms with Gasteiger partial charge >= 0.3 is 0 Å². The van der Waals surface area contributed by atoms with Gasteiger partial charge in [0.25, 0.3) is 0 Å². The molecule has 16 heavy (non-hydrogen) atoms. The van der Waals surface area contributed by atoms with Gasteiger partial charge in [0.1, 0.15) is 6.61 Å². The van der Waals surface area contributed by atoms with Gasteiger partial charge in [-0.1, -0.05) is 0 Å². The first-order valence-electron chi connectivity index (χ1n) is 5.50. The van der Waals surface area contributed by atoms with Gasteiger partial charge in [0.05, 0.1) is 11.5 Å². The monoisotopic (exact) mass is 228 g/mol. The lowest BCUT2D eigenvalue weighted by Crippen LogP contribution is -2.36. The summed E-state index contributed by atoms with van der Waals surface area (Å²) in [6, 6.07) is 0. The molecule has 1 fully saturated rings. The molecule has 0 saturated carbocycles. The van der Waals surface area contributed by atoms with Crippen molar-refractivity contribution in [1.29, 1.82) is 0 Å². The van der Waals surface area contributed by atoms with Crippen LogP contribution in [-0.2, 0) is 14.3 Å². The first-order valence-corrected chi connectivity index (χ1v) is 5.50. The summed E-state index contributed by atoms with van der Waals surface area (Å²) in [5, 5.41) is 0. The van der Waals surface area contributed by atoms with Crippen molar-refractivity contribution in [3.05, 3.63) is 0 Å². The van der Waals surface area contributed by atoms with Crippen LogP contribution in [0, 0.1) is 5.92 Å². The van der Waals surface area contributed by atoms with Crippen molar-refractivity contribution < 1.29 is 14.3 Å². The molecule has 1 atom stereocenters. The molecule has 2 amide bonds. The van der Waals surface area contributed by atoms with Gasteiger partial charge in [0.2, 0.25) is 11.8 Å². The van der Waals surface area contributed by atoms with E-state index in [1.165, 1.54) is 0 Å². The zero-order valence-corrected chi connectivity index (χ0v) is 10.2. The van der Waals surface area contributed by atoms with Gasteiger partial charge in [-0.05, 0) is 27.2 Å². The van der Waals surface area contributed by atoms with Crippen LogP contribution in [0.15, 0.2) is 0 Å². The molecule has 0 radical (unpaired) electrons. The summed E-state index contributed by atoms with van der Waals surface area (Å²) in [6.07, 6.45) is 0.663. The average molecular weight is 228 g/mol. The number of carbonyl (C=O) groups excluding carboxylic acids is 2. The minimum absolute atomic E-state index is 0.0645. The highest BCUT2D eigenvalue weighted by atomic mass is 16.5.